The first-order valence-electron chi connectivity index (χ1n) is 9.53. The quantitative estimate of drug-likeness (QED) is 0.682. The molecular formula is C22H23ClN2O5. The van der Waals surface area contributed by atoms with Crippen LogP contribution in [-0.4, -0.2) is 43.4 Å². The lowest BCUT2D eigenvalue weighted by Crippen LogP contribution is -2.46. The van der Waals surface area contributed by atoms with E-state index in [1.165, 1.54) is 4.90 Å². The molecule has 0 aliphatic carbocycles. The maximum Gasteiger partial charge on any atom is 0.265 e. The van der Waals surface area contributed by atoms with Crippen LogP contribution >= 0.6 is 11.6 Å². The largest absolute Gasteiger partial charge is 0.485 e. The van der Waals surface area contributed by atoms with Crippen LogP contribution in [0, 0.1) is 6.92 Å². The van der Waals surface area contributed by atoms with E-state index in [4.69, 9.17) is 21.1 Å². The predicted molar refractivity (Wildman–Crippen MR) is 114 cm³/mol. The Balaban J connectivity index is 1.75. The van der Waals surface area contributed by atoms with Crippen LogP contribution < -0.4 is 19.7 Å². The molecule has 2 amide bonds. The van der Waals surface area contributed by atoms with Crippen molar-refractivity contribution in [2.75, 3.05) is 24.7 Å². The number of hydrogen-bond donors (Lipinski definition) is 1. The van der Waals surface area contributed by atoms with E-state index in [9.17, 15) is 14.4 Å². The Kier molecular flexibility index (Phi) is 6.62. The molecule has 0 saturated carbocycles. The molecule has 8 heteroatoms. The Bertz CT molecular complexity index is 989. The van der Waals surface area contributed by atoms with Gasteiger partial charge in [0.2, 0.25) is 5.91 Å². The lowest BCUT2D eigenvalue weighted by Gasteiger charge is -2.29. The van der Waals surface area contributed by atoms with E-state index in [-0.39, 0.29) is 43.4 Å². The number of aryl methyl sites for hydroxylation is 1. The van der Waals surface area contributed by atoms with Gasteiger partial charge in [0.25, 0.3) is 5.91 Å². The molecule has 2 aromatic rings. The third kappa shape index (κ3) is 5.10. The highest BCUT2D eigenvalue weighted by Crippen LogP contribution is 2.33. The summed E-state index contributed by atoms with van der Waals surface area (Å²) in [6, 6.07) is 9.89. The van der Waals surface area contributed by atoms with E-state index >= 15 is 0 Å². The average Bonchev–Trinajstić information content (AvgIpc) is 2.70. The van der Waals surface area contributed by atoms with Crippen molar-refractivity contribution in [2.24, 2.45) is 0 Å². The molecule has 3 rings (SSSR count). The number of fused-ring (bicyclic) bond motifs is 1. The van der Waals surface area contributed by atoms with Crippen molar-refractivity contribution >= 4 is 34.9 Å². The van der Waals surface area contributed by atoms with Crippen molar-refractivity contribution in [2.45, 2.75) is 26.8 Å². The highest BCUT2D eigenvalue weighted by atomic mass is 35.5. The van der Waals surface area contributed by atoms with Crippen LogP contribution in [0.5, 0.6) is 11.5 Å². The van der Waals surface area contributed by atoms with E-state index in [2.05, 4.69) is 5.32 Å². The number of hydrogen-bond acceptors (Lipinski definition) is 5. The van der Waals surface area contributed by atoms with Crippen molar-refractivity contribution in [3.63, 3.8) is 0 Å². The molecule has 30 heavy (non-hydrogen) atoms. The molecule has 158 valence electrons. The molecule has 0 unspecified atom stereocenters. The smallest absolute Gasteiger partial charge is 0.265 e. The minimum atomic E-state index is -0.348. The molecule has 0 atom stereocenters. The summed E-state index contributed by atoms with van der Waals surface area (Å²) < 4.78 is 11.0. The van der Waals surface area contributed by atoms with Crippen LogP contribution in [0.1, 0.15) is 29.8 Å². The van der Waals surface area contributed by atoms with Crippen molar-refractivity contribution in [3.05, 3.63) is 52.5 Å². The van der Waals surface area contributed by atoms with E-state index in [0.717, 1.165) is 5.56 Å². The van der Waals surface area contributed by atoms with Crippen molar-refractivity contribution in [1.29, 1.82) is 0 Å². The normalized spacial score (nSPS) is 13.0. The number of ketones is 1. The Morgan fingerprint density at radius 2 is 2.00 bits per heavy atom. The Hall–Kier alpha value is -3.06. The number of nitrogens with one attached hydrogen (secondary N) is 1. The number of ether oxygens (including phenoxy) is 2. The number of anilines is 1. The maximum atomic E-state index is 12.6. The molecule has 0 spiro atoms. The summed E-state index contributed by atoms with van der Waals surface area (Å²) in [6.45, 7) is 5.04. The van der Waals surface area contributed by atoms with Crippen molar-refractivity contribution < 1.29 is 23.9 Å². The Morgan fingerprint density at radius 3 is 2.70 bits per heavy atom. The van der Waals surface area contributed by atoms with Gasteiger partial charge in [0.1, 0.15) is 18.0 Å². The van der Waals surface area contributed by atoms with Gasteiger partial charge < -0.3 is 14.8 Å². The molecule has 1 N–H and O–H groups in total. The standard InChI is InChI=1S/C22H23ClN2O5/c1-13(2)24-21(27)10-25-18-9-15(4-7-20(18)30-12-22(25)28)19(26)11-29-16-5-6-17(23)14(3)8-16/h4-9,13H,10-12H2,1-3H3,(H,24,27). The maximum absolute atomic E-state index is 12.6. The summed E-state index contributed by atoms with van der Waals surface area (Å²) in [5.74, 6) is 0.0738. The molecule has 0 bridgehead atoms. The summed E-state index contributed by atoms with van der Waals surface area (Å²) in [4.78, 5) is 38.5. The van der Waals surface area contributed by atoms with Gasteiger partial charge in [-0.05, 0) is 62.7 Å². The Morgan fingerprint density at radius 1 is 1.23 bits per heavy atom. The summed E-state index contributed by atoms with van der Waals surface area (Å²) >= 11 is 6.00. The number of rotatable bonds is 7. The van der Waals surface area contributed by atoms with Gasteiger partial charge in [-0.3, -0.25) is 19.3 Å². The zero-order valence-electron chi connectivity index (χ0n) is 17.0. The molecule has 0 fully saturated rings. The van der Waals surface area contributed by atoms with Crippen LogP contribution in [0.25, 0.3) is 0 Å². The molecule has 0 radical (unpaired) electrons. The number of carbonyl (C=O) groups excluding carboxylic acids is 3. The first-order valence-corrected chi connectivity index (χ1v) is 9.91. The van der Waals surface area contributed by atoms with E-state index in [0.29, 0.717) is 27.8 Å². The minimum Gasteiger partial charge on any atom is -0.485 e. The van der Waals surface area contributed by atoms with Gasteiger partial charge in [-0.1, -0.05) is 11.6 Å². The third-order valence-corrected chi connectivity index (χ3v) is 4.90. The summed E-state index contributed by atoms with van der Waals surface area (Å²) in [6.07, 6.45) is 0. The lowest BCUT2D eigenvalue weighted by atomic mass is 10.1. The summed E-state index contributed by atoms with van der Waals surface area (Å²) in [5, 5.41) is 3.38. The van der Waals surface area contributed by atoms with Gasteiger partial charge in [0.05, 0.1) is 5.69 Å². The fourth-order valence-electron chi connectivity index (χ4n) is 3.00. The van der Waals surface area contributed by atoms with Crippen LogP contribution in [-0.2, 0) is 9.59 Å². The van der Waals surface area contributed by atoms with Crippen LogP contribution in [0.3, 0.4) is 0 Å². The van der Waals surface area contributed by atoms with Crippen molar-refractivity contribution in [1.82, 2.24) is 5.32 Å². The molecule has 7 nitrogen and oxygen atoms in total. The first-order chi connectivity index (χ1) is 14.2. The first kappa shape index (κ1) is 21.6. The second kappa shape index (κ2) is 9.17. The molecule has 1 aliphatic rings. The average molecular weight is 431 g/mol. The SMILES string of the molecule is Cc1cc(OCC(=O)c2ccc3c(c2)N(CC(=O)NC(C)C)C(=O)CO3)ccc1Cl. The van der Waals surface area contributed by atoms with Gasteiger partial charge in [-0.15, -0.1) is 0 Å². The fourth-order valence-corrected chi connectivity index (χ4v) is 3.12. The van der Waals surface area contributed by atoms with Crippen molar-refractivity contribution in [3.8, 4) is 11.5 Å². The highest BCUT2D eigenvalue weighted by Gasteiger charge is 2.28. The molecular weight excluding hydrogens is 408 g/mol. The van der Waals surface area contributed by atoms with Gasteiger partial charge >= 0.3 is 0 Å². The minimum absolute atomic E-state index is 0.0466. The number of benzene rings is 2. The van der Waals surface area contributed by atoms with E-state index < -0.39 is 0 Å². The molecule has 1 heterocycles. The number of carbonyl (C=O) groups is 3. The third-order valence-electron chi connectivity index (χ3n) is 4.47. The second-order valence-electron chi connectivity index (χ2n) is 7.30. The number of nitrogens with zero attached hydrogens (tertiary/aromatic N) is 1. The van der Waals surface area contributed by atoms with E-state index in [1.54, 1.807) is 36.4 Å². The topological polar surface area (TPSA) is 84.9 Å². The number of Topliss-reactive ketones (excluding diaryl/α,β-unsaturated/α-hetero) is 1. The molecule has 1 aliphatic heterocycles. The molecule has 0 saturated heterocycles. The van der Waals surface area contributed by atoms with Gasteiger partial charge in [0, 0.05) is 16.6 Å². The molecule has 2 aromatic carbocycles. The van der Waals surface area contributed by atoms with Gasteiger partial charge in [-0.25, -0.2) is 0 Å². The van der Waals surface area contributed by atoms with Crippen LogP contribution in [0.2, 0.25) is 5.02 Å². The van der Waals surface area contributed by atoms with Gasteiger partial charge in [-0.2, -0.15) is 0 Å². The van der Waals surface area contributed by atoms with E-state index in [1.807, 2.05) is 20.8 Å². The zero-order chi connectivity index (χ0) is 21.8. The lowest BCUT2D eigenvalue weighted by molar-refractivity contribution is -0.125. The monoisotopic (exact) mass is 430 g/mol. The van der Waals surface area contributed by atoms with Gasteiger partial charge in [0.15, 0.2) is 19.0 Å². The fraction of sp³-hybridized carbons (Fsp3) is 0.318. The highest BCUT2D eigenvalue weighted by molar-refractivity contribution is 6.31. The van der Waals surface area contributed by atoms with Crippen LogP contribution in [0.4, 0.5) is 5.69 Å². The number of amides is 2. The second-order valence-corrected chi connectivity index (χ2v) is 7.70. The molecule has 0 aromatic heterocycles. The zero-order valence-corrected chi connectivity index (χ0v) is 17.8. The van der Waals surface area contributed by atoms with Crippen LogP contribution in [0.15, 0.2) is 36.4 Å². The predicted octanol–water partition coefficient (Wildman–Crippen LogP) is 3.16. The number of halogens is 1. The Labute approximate surface area is 179 Å². The summed E-state index contributed by atoms with van der Waals surface area (Å²) in [7, 11) is 0. The summed E-state index contributed by atoms with van der Waals surface area (Å²) in [5.41, 5.74) is 1.59.